The SMILES string of the molecule is O=C(NCc1ccccc1)c1ccc2ncc(-c3cccs3)nc2c1. The number of carbonyl (C=O) groups is 1. The Kier molecular flexibility index (Phi) is 4.23. The molecule has 0 saturated heterocycles. The molecule has 0 spiro atoms. The monoisotopic (exact) mass is 345 g/mol. The number of nitrogens with one attached hydrogen (secondary N) is 1. The van der Waals surface area contributed by atoms with Crippen molar-refractivity contribution in [2.24, 2.45) is 0 Å². The second kappa shape index (κ2) is 6.83. The third-order valence-electron chi connectivity index (χ3n) is 3.87. The summed E-state index contributed by atoms with van der Waals surface area (Å²) >= 11 is 1.62. The van der Waals surface area contributed by atoms with Crippen molar-refractivity contribution in [3.63, 3.8) is 0 Å². The average Bonchev–Trinajstić information content (AvgIpc) is 3.21. The highest BCUT2D eigenvalue weighted by Crippen LogP contribution is 2.24. The van der Waals surface area contributed by atoms with Crippen LogP contribution in [0.5, 0.6) is 0 Å². The number of nitrogens with zero attached hydrogens (tertiary/aromatic N) is 2. The van der Waals surface area contributed by atoms with Crippen LogP contribution in [0.2, 0.25) is 0 Å². The van der Waals surface area contributed by atoms with Gasteiger partial charge in [0.2, 0.25) is 0 Å². The fourth-order valence-electron chi connectivity index (χ4n) is 2.58. The van der Waals surface area contributed by atoms with E-state index in [2.05, 4.69) is 15.3 Å². The molecule has 0 unspecified atom stereocenters. The van der Waals surface area contributed by atoms with Gasteiger partial charge in [-0.3, -0.25) is 9.78 Å². The Morgan fingerprint density at radius 1 is 1.00 bits per heavy atom. The number of carbonyl (C=O) groups excluding carboxylic acids is 1. The van der Waals surface area contributed by atoms with Gasteiger partial charge in [0.15, 0.2) is 0 Å². The Labute approximate surface area is 149 Å². The first kappa shape index (κ1) is 15.5. The van der Waals surface area contributed by atoms with Crippen LogP contribution in [0, 0.1) is 0 Å². The van der Waals surface area contributed by atoms with Gasteiger partial charge in [0, 0.05) is 12.1 Å². The van der Waals surface area contributed by atoms with Crippen LogP contribution >= 0.6 is 11.3 Å². The van der Waals surface area contributed by atoms with Crippen LogP contribution < -0.4 is 5.32 Å². The molecule has 0 aliphatic heterocycles. The summed E-state index contributed by atoms with van der Waals surface area (Å²) in [6.45, 7) is 0.499. The lowest BCUT2D eigenvalue weighted by Gasteiger charge is -2.06. The molecule has 1 amide bonds. The smallest absolute Gasteiger partial charge is 0.251 e. The maximum Gasteiger partial charge on any atom is 0.251 e. The van der Waals surface area contributed by atoms with E-state index in [9.17, 15) is 4.79 Å². The molecule has 122 valence electrons. The van der Waals surface area contributed by atoms with E-state index in [4.69, 9.17) is 0 Å². The van der Waals surface area contributed by atoms with Gasteiger partial charge in [-0.1, -0.05) is 36.4 Å². The third-order valence-corrected chi connectivity index (χ3v) is 4.77. The van der Waals surface area contributed by atoms with Gasteiger partial charge in [0.05, 0.1) is 27.8 Å². The van der Waals surface area contributed by atoms with Crippen molar-refractivity contribution < 1.29 is 4.79 Å². The van der Waals surface area contributed by atoms with Gasteiger partial charge in [-0.15, -0.1) is 11.3 Å². The summed E-state index contributed by atoms with van der Waals surface area (Å²) in [7, 11) is 0. The zero-order valence-electron chi connectivity index (χ0n) is 13.3. The molecule has 25 heavy (non-hydrogen) atoms. The number of thiophene rings is 1. The molecular formula is C20H15N3OS. The normalized spacial score (nSPS) is 10.7. The van der Waals surface area contributed by atoms with E-state index in [-0.39, 0.29) is 5.91 Å². The van der Waals surface area contributed by atoms with Crippen molar-refractivity contribution in [1.82, 2.24) is 15.3 Å². The Morgan fingerprint density at radius 2 is 1.88 bits per heavy atom. The van der Waals surface area contributed by atoms with Crippen LogP contribution in [0.25, 0.3) is 21.6 Å². The van der Waals surface area contributed by atoms with E-state index in [1.165, 1.54) is 0 Å². The molecule has 0 bridgehead atoms. The molecule has 5 heteroatoms. The van der Waals surface area contributed by atoms with Crippen LogP contribution in [0.4, 0.5) is 0 Å². The minimum absolute atomic E-state index is 0.117. The van der Waals surface area contributed by atoms with Gasteiger partial charge in [-0.25, -0.2) is 4.98 Å². The first-order chi connectivity index (χ1) is 12.3. The molecule has 0 aliphatic carbocycles. The maximum atomic E-state index is 12.4. The van der Waals surface area contributed by atoms with Crippen molar-refractivity contribution >= 4 is 28.3 Å². The Hall–Kier alpha value is -3.05. The first-order valence-corrected chi connectivity index (χ1v) is 8.80. The van der Waals surface area contributed by atoms with Crippen LogP contribution in [0.1, 0.15) is 15.9 Å². The Balaban J connectivity index is 1.58. The number of benzene rings is 2. The molecule has 4 rings (SSSR count). The van der Waals surface area contributed by atoms with Crippen LogP contribution in [0.3, 0.4) is 0 Å². The molecule has 0 aliphatic rings. The third kappa shape index (κ3) is 3.41. The Morgan fingerprint density at radius 3 is 2.68 bits per heavy atom. The largest absolute Gasteiger partial charge is 0.348 e. The highest BCUT2D eigenvalue weighted by Gasteiger charge is 2.09. The lowest BCUT2D eigenvalue weighted by Crippen LogP contribution is -2.22. The molecule has 0 radical (unpaired) electrons. The lowest BCUT2D eigenvalue weighted by atomic mass is 10.1. The number of hydrogen-bond acceptors (Lipinski definition) is 4. The summed E-state index contributed by atoms with van der Waals surface area (Å²) in [5, 5.41) is 4.95. The summed E-state index contributed by atoms with van der Waals surface area (Å²) in [5.41, 5.74) is 3.97. The molecule has 0 saturated carbocycles. The fourth-order valence-corrected chi connectivity index (χ4v) is 3.26. The van der Waals surface area contributed by atoms with Gasteiger partial charge in [-0.2, -0.15) is 0 Å². The second-order valence-corrected chi connectivity index (χ2v) is 6.55. The van der Waals surface area contributed by atoms with E-state index < -0.39 is 0 Å². The molecule has 4 aromatic rings. The molecule has 2 aromatic heterocycles. The van der Waals surface area contributed by atoms with E-state index in [1.807, 2.05) is 53.9 Å². The predicted octanol–water partition coefficient (Wildman–Crippen LogP) is 4.29. The summed E-state index contributed by atoms with van der Waals surface area (Å²) in [4.78, 5) is 22.6. The number of rotatable bonds is 4. The van der Waals surface area contributed by atoms with Gasteiger partial charge >= 0.3 is 0 Å². The zero-order valence-corrected chi connectivity index (χ0v) is 14.2. The van der Waals surface area contributed by atoms with Crippen molar-refractivity contribution in [2.75, 3.05) is 0 Å². The van der Waals surface area contributed by atoms with Gasteiger partial charge in [0.1, 0.15) is 0 Å². The standard InChI is InChI=1S/C20H15N3OS/c24-20(22-12-14-5-2-1-3-6-14)15-8-9-16-17(11-15)23-18(13-21-16)19-7-4-10-25-19/h1-11,13H,12H2,(H,22,24). The lowest BCUT2D eigenvalue weighted by molar-refractivity contribution is 0.0951. The molecule has 0 atom stereocenters. The van der Waals surface area contributed by atoms with Crippen molar-refractivity contribution in [2.45, 2.75) is 6.54 Å². The quantitative estimate of drug-likeness (QED) is 0.600. The van der Waals surface area contributed by atoms with E-state index in [0.717, 1.165) is 27.2 Å². The van der Waals surface area contributed by atoms with E-state index in [1.54, 1.807) is 29.7 Å². The van der Waals surface area contributed by atoms with Crippen molar-refractivity contribution in [1.29, 1.82) is 0 Å². The second-order valence-electron chi connectivity index (χ2n) is 5.60. The van der Waals surface area contributed by atoms with Crippen LogP contribution in [-0.4, -0.2) is 15.9 Å². The summed E-state index contributed by atoms with van der Waals surface area (Å²) in [6.07, 6.45) is 1.77. The molecule has 2 aromatic carbocycles. The highest BCUT2D eigenvalue weighted by molar-refractivity contribution is 7.13. The fraction of sp³-hybridized carbons (Fsp3) is 0.0500. The first-order valence-electron chi connectivity index (χ1n) is 7.92. The van der Waals surface area contributed by atoms with Crippen LogP contribution in [0.15, 0.2) is 72.2 Å². The molecule has 2 heterocycles. The molecular weight excluding hydrogens is 330 g/mol. The minimum atomic E-state index is -0.117. The number of fused-ring (bicyclic) bond motifs is 1. The molecule has 0 fully saturated rings. The maximum absolute atomic E-state index is 12.4. The molecule has 1 N–H and O–H groups in total. The zero-order chi connectivity index (χ0) is 17.1. The summed E-state index contributed by atoms with van der Waals surface area (Å²) in [5.74, 6) is -0.117. The number of hydrogen-bond donors (Lipinski definition) is 1. The number of amides is 1. The number of aromatic nitrogens is 2. The van der Waals surface area contributed by atoms with Crippen molar-refractivity contribution in [3.05, 3.63) is 83.4 Å². The average molecular weight is 345 g/mol. The van der Waals surface area contributed by atoms with E-state index in [0.29, 0.717) is 12.1 Å². The van der Waals surface area contributed by atoms with Gasteiger partial charge < -0.3 is 5.32 Å². The van der Waals surface area contributed by atoms with Gasteiger partial charge in [0.25, 0.3) is 5.91 Å². The van der Waals surface area contributed by atoms with Gasteiger partial charge in [-0.05, 0) is 35.2 Å². The predicted molar refractivity (Wildman–Crippen MR) is 100 cm³/mol. The Bertz CT molecular complexity index is 1010. The highest BCUT2D eigenvalue weighted by atomic mass is 32.1. The molecule has 4 nitrogen and oxygen atoms in total. The minimum Gasteiger partial charge on any atom is -0.348 e. The van der Waals surface area contributed by atoms with Crippen LogP contribution in [-0.2, 0) is 6.54 Å². The summed E-state index contributed by atoms with van der Waals surface area (Å²) < 4.78 is 0. The van der Waals surface area contributed by atoms with Crippen molar-refractivity contribution in [3.8, 4) is 10.6 Å². The van der Waals surface area contributed by atoms with E-state index >= 15 is 0 Å². The topological polar surface area (TPSA) is 54.9 Å². The summed E-state index contributed by atoms with van der Waals surface area (Å²) in [6, 6.07) is 19.2.